The van der Waals surface area contributed by atoms with Gasteiger partial charge in [-0.15, -0.1) is 0 Å². The molecule has 2 fully saturated rings. The molecular formula is C12H18O. The monoisotopic (exact) mass is 178 g/mol. The molecule has 72 valence electrons. The molecule has 1 heteroatoms. The van der Waals surface area contributed by atoms with Gasteiger partial charge >= 0.3 is 0 Å². The molecule has 2 bridgehead atoms. The van der Waals surface area contributed by atoms with Gasteiger partial charge in [-0.05, 0) is 25.2 Å². The van der Waals surface area contributed by atoms with Crippen LogP contribution in [0.3, 0.4) is 0 Å². The summed E-state index contributed by atoms with van der Waals surface area (Å²) in [6.45, 7) is 0. The van der Waals surface area contributed by atoms with E-state index in [0.29, 0.717) is 12.2 Å². The van der Waals surface area contributed by atoms with Crippen LogP contribution in [-0.2, 0) is 4.74 Å². The predicted octanol–water partition coefficient (Wildman–Crippen LogP) is 2.91. The zero-order chi connectivity index (χ0) is 8.67. The van der Waals surface area contributed by atoms with Gasteiger partial charge in [-0.2, -0.15) is 0 Å². The summed E-state index contributed by atoms with van der Waals surface area (Å²) in [7, 11) is 0. The van der Waals surface area contributed by atoms with E-state index in [1.165, 1.54) is 38.5 Å². The van der Waals surface area contributed by atoms with E-state index in [2.05, 4.69) is 12.2 Å². The molecule has 3 aliphatic rings. The first-order valence-electron chi connectivity index (χ1n) is 5.77. The van der Waals surface area contributed by atoms with Crippen molar-refractivity contribution in [3.63, 3.8) is 0 Å². The Balaban J connectivity index is 1.68. The summed E-state index contributed by atoms with van der Waals surface area (Å²) in [6.07, 6.45) is 14.2. The molecule has 2 aliphatic carbocycles. The molecule has 0 aromatic carbocycles. The van der Waals surface area contributed by atoms with Crippen LogP contribution in [0.2, 0.25) is 0 Å². The lowest BCUT2D eigenvalue weighted by Crippen LogP contribution is -2.29. The summed E-state index contributed by atoms with van der Waals surface area (Å²) in [5.41, 5.74) is 0. The van der Waals surface area contributed by atoms with Crippen LogP contribution in [0.15, 0.2) is 12.2 Å². The maximum absolute atomic E-state index is 6.01. The number of hydrogen-bond donors (Lipinski definition) is 0. The highest BCUT2D eigenvalue weighted by atomic mass is 16.5. The van der Waals surface area contributed by atoms with Gasteiger partial charge in [-0.1, -0.05) is 31.4 Å². The number of rotatable bonds is 1. The third-order valence-electron chi connectivity index (χ3n) is 3.95. The minimum absolute atomic E-state index is 0.483. The number of hydrogen-bond acceptors (Lipinski definition) is 1. The van der Waals surface area contributed by atoms with Crippen molar-refractivity contribution in [2.45, 2.75) is 50.7 Å². The van der Waals surface area contributed by atoms with E-state index in [1.54, 1.807) is 0 Å². The Labute approximate surface area is 80.2 Å². The van der Waals surface area contributed by atoms with Crippen LogP contribution >= 0.6 is 0 Å². The zero-order valence-corrected chi connectivity index (χ0v) is 8.11. The fraction of sp³-hybridized carbons (Fsp3) is 0.833. The minimum Gasteiger partial charge on any atom is -0.370 e. The molecule has 0 N–H and O–H groups in total. The Hall–Kier alpha value is -0.300. The molecule has 1 aliphatic heterocycles. The van der Waals surface area contributed by atoms with Crippen molar-refractivity contribution in [2.24, 2.45) is 11.8 Å². The van der Waals surface area contributed by atoms with Crippen LogP contribution in [0.4, 0.5) is 0 Å². The highest BCUT2D eigenvalue weighted by Crippen LogP contribution is 2.42. The normalized spacial score (nSPS) is 44.5. The fourth-order valence-corrected chi connectivity index (χ4v) is 3.26. The van der Waals surface area contributed by atoms with Crippen LogP contribution in [-0.4, -0.2) is 12.2 Å². The van der Waals surface area contributed by atoms with Crippen molar-refractivity contribution >= 4 is 0 Å². The molecule has 3 unspecified atom stereocenters. The summed E-state index contributed by atoms with van der Waals surface area (Å²) in [5.74, 6) is 1.65. The SMILES string of the molecule is C1=CC2CC1OC2C1CCCCC1. The third kappa shape index (κ3) is 1.34. The van der Waals surface area contributed by atoms with Gasteiger partial charge in [0.25, 0.3) is 0 Å². The third-order valence-corrected chi connectivity index (χ3v) is 3.95. The van der Waals surface area contributed by atoms with Crippen molar-refractivity contribution in [1.29, 1.82) is 0 Å². The molecular weight excluding hydrogens is 160 g/mol. The van der Waals surface area contributed by atoms with Crippen molar-refractivity contribution in [1.82, 2.24) is 0 Å². The molecule has 0 amide bonds. The van der Waals surface area contributed by atoms with E-state index < -0.39 is 0 Å². The number of fused-ring (bicyclic) bond motifs is 2. The Morgan fingerprint density at radius 2 is 1.85 bits per heavy atom. The Kier molecular flexibility index (Phi) is 1.93. The second kappa shape index (κ2) is 3.13. The van der Waals surface area contributed by atoms with Crippen LogP contribution in [0, 0.1) is 11.8 Å². The first kappa shape index (κ1) is 8.05. The van der Waals surface area contributed by atoms with E-state index in [0.717, 1.165) is 11.8 Å². The van der Waals surface area contributed by atoms with Gasteiger partial charge in [0.15, 0.2) is 0 Å². The molecule has 3 atom stereocenters. The summed E-state index contributed by atoms with van der Waals surface area (Å²) >= 11 is 0. The second-order valence-corrected chi connectivity index (χ2v) is 4.82. The molecule has 1 heterocycles. The van der Waals surface area contributed by atoms with Crippen molar-refractivity contribution < 1.29 is 4.74 Å². The lowest BCUT2D eigenvalue weighted by atomic mass is 9.81. The smallest absolute Gasteiger partial charge is 0.0766 e. The van der Waals surface area contributed by atoms with E-state index in [9.17, 15) is 0 Å². The molecule has 1 saturated heterocycles. The minimum atomic E-state index is 0.483. The topological polar surface area (TPSA) is 9.23 Å². The summed E-state index contributed by atoms with van der Waals surface area (Å²) in [4.78, 5) is 0. The first-order chi connectivity index (χ1) is 6.43. The molecule has 0 aromatic rings. The molecule has 1 saturated carbocycles. The molecule has 13 heavy (non-hydrogen) atoms. The zero-order valence-electron chi connectivity index (χ0n) is 8.11. The maximum atomic E-state index is 6.01. The number of ether oxygens (including phenoxy) is 1. The molecule has 3 rings (SSSR count). The Bertz CT molecular complexity index is 215. The fourth-order valence-electron chi connectivity index (χ4n) is 3.26. The standard InChI is InChI=1S/C12H18O/c1-2-4-9(5-3-1)12-10-6-7-11(8-10)13-12/h6-7,9-12H,1-5,8H2. The van der Waals surface area contributed by atoms with E-state index in [1.807, 2.05) is 0 Å². The van der Waals surface area contributed by atoms with E-state index >= 15 is 0 Å². The van der Waals surface area contributed by atoms with E-state index in [4.69, 9.17) is 4.74 Å². The molecule has 0 spiro atoms. The molecule has 1 nitrogen and oxygen atoms in total. The van der Waals surface area contributed by atoms with Crippen LogP contribution < -0.4 is 0 Å². The quantitative estimate of drug-likeness (QED) is 0.561. The van der Waals surface area contributed by atoms with Gasteiger partial charge < -0.3 is 4.74 Å². The van der Waals surface area contributed by atoms with Gasteiger partial charge in [0.2, 0.25) is 0 Å². The largest absolute Gasteiger partial charge is 0.370 e. The maximum Gasteiger partial charge on any atom is 0.0766 e. The van der Waals surface area contributed by atoms with Gasteiger partial charge in [0.05, 0.1) is 12.2 Å². The van der Waals surface area contributed by atoms with Gasteiger partial charge in [-0.25, -0.2) is 0 Å². The average molecular weight is 178 g/mol. The summed E-state index contributed by atoms with van der Waals surface area (Å²) in [6, 6.07) is 0. The van der Waals surface area contributed by atoms with Crippen molar-refractivity contribution in [3.05, 3.63) is 12.2 Å². The lowest BCUT2D eigenvalue weighted by Gasteiger charge is -2.30. The van der Waals surface area contributed by atoms with E-state index in [-0.39, 0.29) is 0 Å². The first-order valence-corrected chi connectivity index (χ1v) is 5.77. The molecule has 0 aromatic heterocycles. The van der Waals surface area contributed by atoms with Crippen LogP contribution in [0.25, 0.3) is 0 Å². The van der Waals surface area contributed by atoms with Crippen molar-refractivity contribution in [3.8, 4) is 0 Å². The van der Waals surface area contributed by atoms with Gasteiger partial charge in [0.1, 0.15) is 0 Å². The van der Waals surface area contributed by atoms with Gasteiger partial charge in [-0.3, -0.25) is 0 Å². The summed E-state index contributed by atoms with van der Waals surface area (Å²) in [5, 5.41) is 0. The van der Waals surface area contributed by atoms with Crippen molar-refractivity contribution in [2.75, 3.05) is 0 Å². The molecule has 0 radical (unpaired) electrons. The summed E-state index contributed by atoms with van der Waals surface area (Å²) < 4.78 is 6.01. The van der Waals surface area contributed by atoms with Crippen LogP contribution in [0.5, 0.6) is 0 Å². The highest BCUT2D eigenvalue weighted by molar-refractivity contribution is 5.11. The van der Waals surface area contributed by atoms with Crippen LogP contribution in [0.1, 0.15) is 38.5 Å². The Morgan fingerprint density at radius 1 is 1.00 bits per heavy atom. The predicted molar refractivity (Wildman–Crippen MR) is 52.5 cm³/mol. The average Bonchev–Trinajstić information content (AvgIpc) is 2.80. The van der Waals surface area contributed by atoms with Gasteiger partial charge in [0, 0.05) is 5.92 Å². The highest BCUT2D eigenvalue weighted by Gasteiger charge is 2.40. The second-order valence-electron chi connectivity index (χ2n) is 4.82. The lowest BCUT2D eigenvalue weighted by molar-refractivity contribution is 0.00297. The Morgan fingerprint density at radius 3 is 2.46 bits per heavy atom.